The van der Waals surface area contributed by atoms with Crippen LogP contribution in [-0.4, -0.2) is 10.4 Å². The number of imidazole rings is 1. The Morgan fingerprint density at radius 3 is 2.50 bits per heavy atom. The van der Waals surface area contributed by atoms with Gasteiger partial charge in [-0.15, -0.1) is 0 Å². The predicted molar refractivity (Wildman–Crippen MR) is 102 cm³/mol. The number of halogens is 2. The summed E-state index contributed by atoms with van der Waals surface area (Å²) in [4.78, 5) is 12.5. The van der Waals surface area contributed by atoms with E-state index in [1.807, 2.05) is 66.3 Å². The molecule has 24 heavy (non-hydrogen) atoms. The molecule has 0 unspecified atom stereocenters. The largest absolute Gasteiger partial charge is 0.355 e. The van der Waals surface area contributed by atoms with E-state index in [0.29, 0.717) is 11.5 Å². The quantitative estimate of drug-likeness (QED) is 0.484. The molecule has 0 bridgehead atoms. The van der Waals surface area contributed by atoms with Crippen LogP contribution in [0.25, 0.3) is 11.3 Å². The van der Waals surface area contributed by atoms with Crippen molar-refractivity contribution in [1.29, 1.82) is 0 Å². The van der Waals surface area contributed by atoms with E-state index in [1.165, 1.54) is 0 Å². The van der Waals surface area contributed by atoms with Gasteiger partial charge in [-0.3, -0.25) is 10.5 Å². The maximum Gasteiger partial charge on any atom is 0.355 e. The minimum atomic E-state index is 0.0148. The Kier molecular flexibility index (Phi) is 4.87. The summed E-state index contributed by atoms with van der Waals surface area (Å²) in [6.45, 7) is 0.201. The Morgan fingerprint density at radius 1 is 1.12 bits per heavy atom. The number of aromatic nitrogens is 2. The predicted octanol–water partition coefficient (Wildman–Crippen LogP) is 3.97. The van der Waals surface area contributed by atoms with Crippen LogP contribution in [0.15, 0.2) is 63.7 Å². The fourth-order valence-corrected chi connectivity index (χ4v) is 3.20. The van der Waals surface area contributed by atoms with Crippen molar-refractivity contribution < 1.29 is 9.36 Å². The number of hydrogen-bond donors (Lipinski definition) is 1. The summed E-state index contributed by atoms with van der Waals surface area (Å²) in [5.41, 5.74) is 8.84. The van der Waals surface area contributed by atoms with Gasteiger partial charge in [-0.25, -0.2) is 9.13 Å². The summed E-state index contributed by atoms with van der Waals surface area (Å²) in [5.74, 6) is 0.553. The summed E-state index contributed by atoms with van der Waals surface area (Å²) >= 11 is 6.83. The number of carbonyl (C=O) groups is 1. The van der Waals surface area contributed by atoms with Crippen molar-refractivity contribution in [2.75, 3.05) is 5.73 Å². The SMILES string of the molecule is Cn1c(-c2ccc(Br)cc2)c[n+](CC(=O)c2cccc(Br)c2)c1N. The Hall–Kier alpha value is -1.92. The van der Waals surface area contributed by atoms with Gasteiger partial charge in [0, 0.05) is 20.1 Å². The van der Waals surface area contributed by atoms with Gasteiger partial charge < -0.3 is 0 Å². The summed E-state index contributed by atoms with van der Waals surface area (Å²) in [6.07, 6.45) is 1.91. The highest BCUT2D eigenvalue weighted by Gasteiger charge is 2.20. The highest BCUT2D eigenvalue weighted by molar-refractivity contribution is 9.10. The van der Waals surface area contributed by atoms with Gasteiger partial charge in [0.05, 0.1) is 7.05 Å². The normalized spacial score (nSPS) is 10.8. The van der Waals surface area contributed by atoms with Crippen molar-refractivity contribution in [3.63, 3.8) is 0 Å². The molecule has 0 saturated heterocycles. The van der Waals surface area contributed by atoms with Crippen molar-refractivity contribution >= 4 is 43.6 Å². The second-order valence-electron chi connectivity index (χ2n) is 5.50. The van der Waals surface area contributed by atoms with Crippen LogP contribution in [0.3, 0.4) is 0 Å². The van der Waals surface area contributed by atoms with Crippen molar-refractivity contribution in [2.45, 2.75) is 6.54 Å². The van der Waals surface area contributed by atoms with Crippen LogP contribution in [0.2, 0.25) is 0 Å². The first-order valence-electron chi connectivity index (χ1n) is 7.35. The average molecular weight is 450 g/mol. The first-order valence-corrected chi connectivity index (χ1v) is 8.93. The van der Waals surface area contributed by atoms with E-state index in [4.69, 9.17) is 5.73 Å². The van der Waals surface area contributed by atoms with Crippen molar-refractivity contribution in [1.82, 2.24) is 4.57 Å². The van der Waals surface area contributed by atoms with Gasteiger partial charge in [-0.05, 0) is 24.3 Å². The maximum atomic E-state index is 12.5. The molecule has 0 aliphatic carbocycles. The molecule has 0 aliphatic heterocycles. The molecule has 1 heterocycles. The van der Waals surface area contributed by atoms with E-state index in [1.54, 1.807) is 4.57 Å². The molecular weight excluding hydrogens is 434 g/mol. The van der Waals surface area contributed by atoms with Gasteiger partial charge in [0.1, 0.15) is 18.4 Å². The summed E-state index contributed by atoms with van der Waals surface area (Å²) in [7, 11) is 1.90. The van der Waals surface area contributed by atoms with Crippen molar-refractivity contribution in [2.24, 2.45) is 7.05 Å². The lowest BCUT2D eigenvalue weighted by Gasteiger charge is -2.01. The molecule has 0 aliphatic rings. The smallest absolute Gasteiger partial charge is 0.291 e. The number of nitrogens with zero attached hydrogens (tertiary/aromatic N) is 2. The maximum absolute atomic E-state index is 12.5. The van der Waals surface area contributed by atoms with Crippen molar-refractivity contribution in [3.8, 4) is 11.3 Å². The van der Waals surface area contributed by atoms with E-state index in [-0.39, 0.29) is 12.3 Å². The number of ketones is 1. The number of nitrogens with two attached hydrogens (primary N) is 1. The minimum absolute atomic E-state index is 0.0148. The molecule has 2 N–H and O–H groups in total. The fraction of sp³-hybridized carbons (Fsp3) is 0.111. The van der Waals surface area contributed by atoms with Crippen LogP contribution < -0.4 is 10.3 Å². The molecule has 3 aromatic rings. The Morgan fingerprint density at radius 2 is 1.83 bits per heavy atom. The number of benzene rings is 2. The molecule has 122 valence electrons. The highest BCUT2D eigenvalue weighted by atomic mass is 79.9. The lowest BCUT2D eigenvalue weighted by Crippen LogP contribution is -2.39. The number of rotatable bonds is 4. The monoisotopic (exact) mass is 448 g/mol. The Balaban J connectivity index is 1.91. The zero-order valence-electron chi connectivity index (χ0n) is 13.0. The van der Waals surface area contributed by atoms with E-state index in [0.717, 1.165) is 20.2 Å². The molecule has 4 nitrogen and oxygen atoms in total. The third kappa shape index (κ3) is 3.44. The second kappa shape index (κ2) is 6.91. The summed E-state index contributed by atoms with van der Waals surface area (Å²) in [6, 6.07) is 15.4. The third-order valence-electron chi connectivity index (χ3n) is 3.88. The molecule has 0 atom stereocenters. The van der Waals surface area contributed by atoms with E-state index in [2.05, 4.69) is 31.9 Å². The lowest BCUT2D eigenvalue weighted by molar-refractivity contribution is -0.667. The number of anilines is 1. The first kappa shape index (κ1) is 16.9. The third-order valence-corrected chi connectivity index (χ3v) is 4.90. The minimum Gasteiger partial charge on any atom is -0.291 e. The summed E-state index contributed by atoms with van der Waals surface area (Å²) < 4.78 is 5.57. The van der Waals surface area contributed by atoms with Crippen LogP contribution in [0.4, 0.5) is 5.95 Å². The second-order valence-corrected chi connectivity index (χ2v) is 7.33. The number of hydrogen-bond acceptors (Lipinski definition) is 2. The topological polar surface area (TPSA) is 51.9 Å². The molecule has 0 radical (unpaired) electrons. The van der Waals surface area contributed by atoms with Crippen LogP contribution in [-0.2, 0) is 13.6 Å². The standard InChI is InChI=1S/C18H15Br2N3O/c1-22-16(12-5-7-14(19)8-6-12)10-23(18(22)21)11-17(24)13-3-2-4-15(20)9-13/h2-10,21H,11H2,1H3/p+1. The molecule has 1 aromatic heterocycles. The zero-order valence-corrected chi connectivity index (χ0v) is 16.2. The molecule has 6 heteroatoms. The molecule has 3 rings (SSSR count). The van der Waals surface area contributed by atoms with Gasteiger partial charge in [0.25, 0.3) is 0 Å². The van der Waals surface area contributed by atoms with E-state index < -0.39 is 0 Å². The number of carbonyl (C=O) groups excluding carboxylic acids is 1. The fourth-order valence-electron chi connectivity index (χ4n) is 2.54. The molecular formula is C18H16Br2N3O+. The van der Waals surface area contributed by atoms with E-state index >= 15 is 0 Å². The molecule has 0 fully saturated rings. The van der Waals surface area contributed by atoms with Crippen LogP contribution in [0.1, 0.15) is 10.4 Å². The van der Waals surface area contributed by atoms with Crippen molar-refractivity contribution in [3.05, 3.63) is 69.2 Å². The first-order chi connectivity index (χ1) is 11.5. The van der Waals surface area contributed by atoms with Gasteiger partial charge in [0.2, 0.25) is 0 Å². The van der Waals surface area contributed by atoms with Gasteiger partial charge in [-0.1, -0.05) is 56.1 Å². The van der Waals surface area contributed by atoms with Crippen LogP contribution in [0.5, 0.6) is 0 Å². The molecule has 0 spiro atoms. The van der Waals surface area contributed by atoms with Crippen LogP contribution >= 0.6 is 31.9 Å². The van der Waals surface area contributed by atoms with Gasteiger partial charge >= 0.3 is 5.95 Å². The molecule has 2 aromatic carbocycles. The zero-order chi connectivity index (χ0) is 17.3. The van der Waals surface area contributed by atoms with Gasteiger partial charge in [0.15, 0.2) is 5.78 Å². The number of nitrogen functional groups attached to an aromatic ring is 1. The van der Waals surface area contributed by atoms with E-state index in [9.17, 15) is 4.79 Å². The highest BCUT2D eigenvalue weighted by Crippen LogP contribution is 2.22. The summed E-state index contributed by atoms with van der Waals surface area (Å²) in [5, 5.41) is 0. The van der Waals surface area contributed by atoms with Gasteiger partial charge in [-0.2, -0.15) is 0 Å². The Labute approximate surface area is 157 Å². The lowest BCUT2D eigenvalue weighted by atomic mass is 10.1. The number of Topliss-reactive ketones (excluding diaryl/α,β-unsaturated/α-hetero) is 1. The molecule has 0 saturated carbocycles. The Bertz CT molecular complexity index is 901. The van der Waals surface area contributed by atoms with Crippen LogP contribution in [0, 0.1) is 0 Å². The molecule has 0 amide bonds. The average Bonchev–Trinajstić information content (AvgIpc) is 2.84.